The van der Waals surface area contributed by atoms with Crippen molar-refractivity contribution in [1.82, 2.24) is 4.90 Å². The predicted molar refractivity (Wildman–Crippen MR) is 87.0 cm³/mol. The summed E-state index contributed by atoms with van der Waals surface area (Å²) in [5.74, 6) is 0.0923. The zero-order valence-electron chi connectivity index (χ0n) is 13.2. The number of anilines is 1. The Kier molecular flexibility index (Phi) is 5.18. The fraction of sp³-hybridized carbons (Fsp3) is 0.294. The Hall–Kier alpha value is -2.60. The van der Waals surface area contributed by atoms with Crippen LogP contribution in [0.2, 0.25) is 0 Å². The molecule has 0 fully saturated rings. The van der Waals surface area contributed by atoms with Crippen LogP contribution < -0.4 is 10.5 Å². The first-order valence-electron chi connectivity index (χ1n) is 7.21. The zero-order valence-corrected chi connectivity index (χ0v) is 13.2. The average Bonchev–Trinajstić information content (AvgIpc) is 2.52. The summed E-state index contributed by atoms with van der Waals surface area (Å²) in [4.78, 5) is 26.0. The van der Waals surface area contributed by atoms with Crippen molar-refractivity contribution in [2.24, 2.45) is 0 Å². The maximum absolute atomic E-state index is 12.2. The molecule has 0 aromatic heterocycles. The molecule has 0 saturated heterocycles. The Labute approximate surface area is 134 Å². The molecule has 0 spiro atoms. The number of carbonyl (C=O) groups is 2. The molecule has 6 heteroatoms. The van der Waals surface area contributed by atoms with Crippen LogP contribution in [0.1, 0.15) is 5.56 Å². The predicted octanol–water partition coefficient (Wildman–Crippen LogP) is 0.706. The van der Waals surface area contributed by atoms with E-state index < -0.39 is 0 Å². The number of methoxy groups -OCH3 is 1. The molecule has 0 heterocycles. The number of allylic oxidation sites excluding steroid dienone is 3. The highest BCUT2D eigenvalue weighted by Gasteiger charge is 2.22. The maximum Gasteiger partial charge on any atom is 0.202 e. The Bertz CT molecular complexity index is 692. The topological polar surface area (TPSA) is 92.9 Å². The summed E-state index contributed by atoms with van der Waals surface area (Å²) in [5, 5.41) is 8.94. The zero-order chi connectivity index (χ0) is 17.0. The second-order valence-corrected chi connectivity index (χ2v) is 5.33. The van der Waals surface area contributed by atoms with E-state index in [9.17, 15) is 9.59 Å². The van der Waals surface area contributed by atoms with Crippen molar-refractivity contribution >= 4 is 17.3 Å². The van der Waals surface area contributed by atoms with Crippen LogP contribution in [-0.2, 0) is 16.0 Å². The monoisotopic (exact) mass is 316 g/mol. The summed E-state index contributed by atoms with van der Waals surface area (Å²) < 4.78 is 5.16. The van der Waals surface area contributed by atoms with Gasteiger partial charge in [-0.2, -0.15) is 0 Å². The molecule has 122 valence electrons. The van der Waals surface area contributed by atoms with Crippen molar-refractivity contribution in [2.75, 3.05) is 33.0 Å². The Morgan fingerprint density at radius 2 is 1.96 bits per heavy atom. The van der Waals surface area contributed by atoms with Gasteiger partial charge in [0.2, 0.25) is 5.78 Å². The number of nitrogen functional groups attached to an aromatic ring is 1. The Balaban J connectivity index is 2.18. The van der Waals surface area contributed by atoms with Crippen LogP contribution in [0.15, 0.2) is 41.6 Å². The van der Waals surface area contributed by atoms with Crippen LogP contribution >= 0.6 is 0 Å². The minimum Gasteiger partial charge on any atom is -0.495 e. The SMILES string of the molecule is COc1cc(CC2=CC(=O)C(N(C)CCO)=CC2=O)ccc1N. The van der Waals surface area contributed by atoms with Crippen LogP contribution in [0.5, 0.6) is 5.75 Å². The Morgan fingerprint density at radius 1 is 1.22 bits per heavy atom. The fourth-order valence-corrected chi connectivity index (χ4v) is 2.38. The highest BCUT2D eigenvalue weighted by atomic mass is 16.5. The van der Waals surface area contributed by atoms with Gasteiger partial charge in [-0.15, -0.1) is 0 Å². The van der Waals surface area contributed by atoms with Crippen molar-refractivity contribution in [2.45, 2.75) is 6.42 Å². The normalized spacial score (nSPS) is 14.4. The van der Waals surface area contributed by atoms with Gasteiger partial charge in [0.15, 0.2) is 5.78 Å². The number of carbonyl (C=O) groups excluding carboxylic acids is 2. The number of ether oxygens (including phenoxy) is 1. The summed E-state index contributed by atoms with van der Waals surface area (Å²) in [6.45, 7) is 0.209. The Morgan fingerprint density at radius 3 is 2.61 bits per heavy atom. The van der Waals surface area contributed by atoms with Gasteiger partial charge in [0, 0.05) is 31.7 Å². The van der Waals surface area contributed by atoms with Gasteiger partial charge in [0.1, 0.15) is 5.75 Å². The largest absolute Gasteiger partial charge is 0.495 e. The van der Waals surface area contributed by atoms with Gasteiger partial charge < -0.3 is 20.5 Å². The van der Waals surface area contributed by atoms with E-state index in [4.69, 9.17) is 15.6 Å². The maximum atomic E-state index is 12.2. The summed E-state index contributed by atoms with van der Waals surface area (Å²) in [6.07, 6.45) is 3.00. The van der Waals surface area contributed by atoms with E-state index >= 15 is 0 Å². The molecule has 3 N–H and O–H groups in total. The van der Waals surface area contributed by atoms with E-state index in [1.807, 2.05) is 0 Å². The molecule has 1 aliphatic carbocycles. The second-order valence-electron chi connectivity index (χ2n) is 5.33. The lowest BCUT2D eigenvalue weighted by atomic mass is 9.94. The second kappa shape index (κ2) is 7.11. The van der Waals surface area contributed by atoms with E-state index in [0.717, 1.165) is 5.56 Å². The average molecular weight is 316 g/mol. The number of hydrogen-bond acceptors (Lipinski definition) is 6. The van der Waals surface area contributed by atoms with Crippen LogP contribution in [0.4, 0.5) is 5.69 Å². The lowest BCUT2D eigenvalue weighted by molar-refractivity contribution is -0.116. The van der Waals surface area contributed by atoms with Gasteiger partial charge in [-0.05, 0) is 23.8 Å². The van der Waals surface area contributed by atoms with Crippen LogP contribution in [-0.4, -0.2) is 48.9 Å². The van der Waals surface area contributed by atoms with E-state index in [0.29, 0.717) is 35.7 Å². The molecule has 0 bridgehead atoms. The molecule has 0 saturated carbocycles. The molecule has 0 amide bonds. The number of ketones is 2. The molecule has 0 aliphatic heterocycles. The highest BCUT2D eigenvalue weighted by molar-refractivity contribution is 6.19. The van der Waals surface area contributed by atoms with Crippen molar-refractivity contribution in [3.8, 4) is 5.75 Å². The molecule has 1 aromatic rings. The lowest BCUT2D eigenvalue weighted by Crippen LogP contribution is -2.29. The first kappa shape index (κ1) is 16.8. The number of rotatable bonds is 6. The van der Waals surface area contributed by atoms with Crippen molar-refractivity contribution in [1.29, 1.82) is 0 Å². The number of benzene rings is 1. The quantitative estimate of drug-likeness (QED) is 0.593. The highest BCUT2D eigenvalue weighted by Crippen LogP contribution is 2.25. The molecule has 1 aromatic carbocycles. The summed E-state index contributed by atoms with van der Waals surface area (Å²) in [6, 6.07) is 5.26. The number of aliphatic hydroxyl groups excluding tert-OH is 1. The van der Waals surface area contributed by atoms with Crippen molar-refractivity contribution in [3.05, 3.63) is 47.2 Å². The minimum atomic E-state index is -0.238. The number of aliphatic hydroxyl groups is 1. The number of nitrogens with zero attached hydrogens (tertiary/aromatic N) is 1. The van der Waals surface area contributed by atoms with Gasteiger partial charge in [-0.1, -0.05) is 6.07 Å². The molecular weight excluding hydrogens is 296 g/mol. The molecule has 23 heavy (non-hydrogen) atoms. The van der Waals surface area contributed by atoms with Gasteiger partial charge in [0.25, 0.3) is 0 Å². The van der Waals surface area contributed by atoms with Crippen LogP contribution in [0.3, 0.4) is 0 Å². The smallest absolute Gasteiger partial charge is 0.202 e. The third kappa shape index (κ3) is 3.78. The fourth-order valence-electron chi connectivity index (χ4n) is 2.38. The lowest BCUT2D eigenvalue weighted by Gasteiger charge is -2.22. The molecule has 6 nitrogen and oxygen atoms in total. The molecule has 0 atom stereocenters. The number of likely N-dealkylation sites (N-methyl/N-ethyl adjacent to an activating group) is 1. The van der Waals surface area contributed by atoms with E-state index in [2.05, 4.69) is 0 Å². The van der Waals surface area contributed by atoms with Crippen molar-refractivity contribution < 1.29 is 19.4 Å². The van der Waals surface area contributed by atoms with Gasteiger partial charge in [0.05, 0.1) is 25.1 Å². The van der Waals surface area contributed by atoms with Crippen LogP contribution in [0.25, 0.3) is 0 Å². The molecule has 2 rings (SSSR count). The molecular formula is C17H20N2O4. The summed E-state index contributed by atoms with van der Waals surface area (Å²) in [5.41, 5.74) is 7.83. The van der Waals surface area contributed by atoms with E-state index in [1.165, 1.54) is 19.3 Å². The first-order valence-corrected chi connectivity index (χ1v) is 7.21. The first-order chi connectivity index (χ1) is 11.0. The van der Waals surface area contributed by atoms with E-state index in [1.54, 1.807) is 30.1 Å². The standard InChI is InChI=1S/C17H20N2O4/c1-19(5-6-20)14-10-15(21)12(9-16(14)22)7-11-3-4-13(18)17(8-11)23-2/h3-4,8-10,20H,5-7,18H2,1-2H3. The molecule has 0 unspecified atom stereocenters. The third-order valence-corrected chi connectivity index (χ3v) is 3.68. The van der Waals surface area contributed by atoms with Crippen LogP contribution in [0, 0.1) is 0 Å². The van der Waals surface area contributed by atoms with E-state index in [-0.39, 0.29) is 18.2 Å². The summed E-state index contributed by atoms with van der Waals surface area (Å²) in [7, 11) is 3.19. The summed E-state index contributed by atoms with van der Waals surface area (Å²) >= 11 is 0. The minimum absolute atomic E-state index is 0.0862. The van der Waals surface area contributed by atoms with Gasteiger partial charge in [-0.25, -0.2) is 0 Å². The molecule has 0 radical (unpaired) electrons. The number of nitrogens with two attached hydrogens (primary N) is 1. The van der Waals surface area contributed by atoms with Crippen molar-refractivity contribution in [3.63, 3.8) is 0 Å². The van der Waals surface area contributed by atoms with Gasteiger partial charge >= 0.3 is 0 Å². The third-order valence-electron chi connectivity index (χ3n) is 3.68. The number of hydrogen-bond donors (Lipinski definition) is 2. The van der Waals surface area contributed by atoms with Gasteiger partial charge in [-0.3, -0.25) is 9.59 Å². The molecule has 1 aliphatic rings.